The molecule has 4 aromatic rings. The number of aryl methyl sites for hydroxylation is 1. The second-order valence-electron chi connectivity index (χ2n) is 4.75. The summed E-state index contributed by atoms with van der Waals surface area (Å²) < 4.78 is 2.05. The molecule has 6 heteroatoms. The number of aromatic nitrogens is 4. The van der Waals surface area contributed by atoms with Gasteiger partial charge in [0.2, 0.25) is 0 Å². The van der Waals surface area contributed by atoms with Gasteiger partial charge in [-0.3, -0.25) is 14.2 Å². The minimum atomic E-state index is -0.250. The van der Waals surface area contributed by atoms with Crippen LogP contribution in [-0.2, 0) is 4.79 Å². The molecule has 0 fully saturated rings. The highest BCUT2D eigenvalue weighted by Crippen LogP contribution is 2.30. The van der Waals surface area contributed by atoms with Crippen LogP contribution in [0, 0.1) is 6.92 Å². The third kappa shape index (κ3) is 2.20. The summed E-state index contributed by atoms with van der Waals surface area (Å²) in [6.07, 6.45) is 9.41. The van der Waals surface area contributed by atoms with Crippen molar-refractivity contribution in [2.24, 2.45) is 0 Å². The quantitative estimate of drug-likeness (QED) is 0.529. The molecule has 0 unspecified atom stereocenters. The van der Waals surface area contributed by atoms with Crippen molar-refractivity contribution >= 4 is 23.0 Å². The van der Waals surface area contributed by atoms with Crippen LogP contribution in [0.5, 0.6) is 0 Å². The Labute approximate surface area is 126 Å². The Morgan fingerprint density at radius 1 is 1.32 bits per heavy atom. The molecule has 4 rings (SSSR count). The highest BCUT2D eigenvalue weighted by molar-refractivity contribution is 5.96. The van der Waals surface area contributed by atoms with Crippen LogP contribution in [0.1, 0.15) is 5.56 Å². The summed E-state index contributed by atoms with van der Waals surface area (Å²) in [6.45, 7) is 1.86. The maximum Gasteiger partial charge on any atom is 0.290 e. The number of imidazole rings is 1. The van der Waals surface area contributed by atoms with E-state index < -0.39 is 0 Å². The fourth-order valence-electron chi connectivity index (χ4n) is 2.56. The van der Waals surface area contributed by atoms with Gasteiger partial charge >= 0.3 is 0 Å². The molecule has 0 aliphatic heterocycles. The van der Waals surface area contributed by atoms with Gasteiger partial charge in [-0.25, -0.2) is 4.98 Å². The number of hydrogen-bond acceptors (Lipinski definition) is 3. The van der Waals surface area contributed by atoms with Gasteiger partial charge in [-0.2, -0.15) is 0 Å². The van der Waals surface area contributed by atoms with E-state index in [-0.39, 0.29) is 6.47 Å². The van der Waals surface area contributed by atoms with Crippen molar-refractivity contribution in [2.75, 3.05) is 0 Å². The molecule has 0 spiro atoms. The minimum absolute atomic E-state index is 0.250. The van der Waals surface area contributed by atoms with Crippen molar-refractivity contribution in [1.29, 1.82) is 0 Å². The summed E-state index contributed by atoms with van der Waals surface area (Å²) in [6, 6.07) is 6.33. The molecule has 0 aliphatic rings. The average molecular weight is 294 g/mol. The Kier molecular flexibility index (Phi) is 3.57. The van der Waals surface area contributed by atoms with Crippen molar-refractivity contribution in [3.63, 3.8) is 0 Å². The number of nitrogens with zero attached hydrogens (tertiary/aromatic N) is 3. The van der Waals surface area contributed by atoms with Crippen molar-refractivity contribution in [1.82, 2.24) is 19.4 Å². The molecule has 0 aliphatic carbocycles. The van der Waals surface area contributed by atoms with Gasteiger partial charge in [-0.1, -0.05) is 18.2 Å². The molecular formula is C16H14N4O2. The zero-order chi connectivity index (χ0) is 15.5. The first-order chi connectivity index (χ1) is 10.8. The van der Waals surface area contributed by atoms with E-state index >= 15 is 0 Å². The first kappa shape index (κ1) is 13.8. The molecule has 2 N–H and O–H groups in total. The lowest BCUT2D eigenvalue weighted by molar-refractivity contribution is -0.122. The molecule has 3 aromatic heterocycles. The van der Waals surface area contributed by atoms with Gasteiger partial charge in [-0.15, -0.1) is 0 Å². The lowest BCUT2D eigenvalue weighted by Gasteiger charge is -2.00. The van der Waals surface area contributed by atoms with E-state index in [2.05, 4.69) is 44.5 Å². The standard InChI is InChI=1S/C15H12N4.CH2O2/c1-10-3-2-4-11-12(7-18-15(10)11)13-8-17-14-9-16-5-6-19(13)14;2-1-3/h2-9,18H,1H3;1H,(H,2,3). The number of H-pyrrole nitrogens is 1. The van der Waals surface area contributed by atoms with Crippen LogP contribution in [0.25, 0.3) is 27.8 Å². The summed E-state index contributed by atoms with van der Waals surface area (Å²) in [5.41, 5.74) is 5.53. The molecule has 0 amide bonds. The van der Waals surface area contributed by atoms with Gasteiger partial charge in [-0.05, 0) is 12.5 Å². The van der Waals surface area contributed by atoms with Crippen molar-refractivity contribution in [3.8, 4) is 11.3 Å². The number of nitrogens with one attached hydrogen (secondary N) is 1. The van der Waals surface area contributed by atoms with Crippen LogP contribution >= 0.6 is 0 Å². The fraction of sp³-hybridized carbons (Fsp3) is 0.0625. The number of rotatable bonds is 1. The Morgan fingerprint density at radius 3 is 2.95 bits per heavy atom. The first-order valence-electron chi connectivity index (χ1n) is 6.68. The monoisotopic (exact) mass is 294 g/mol. The van der Waals surface area contributed by atoms with Crippen molar-refractivity contribution in [2.45, 2.75) is 6.92 Å². The largest absolute Gasteiger partial charge is 0.483 e. The summed E-state index contributed by atoms with van der Waals surface area (Å²) in [5.74, 6) is 0. The molecule has 0 saturated carbocycles. The van der Waals surface area contributed by atoms with E-state index in [1.807, 2.05) is 18.6 Å². The third-order valence-electron chi connectivity index (χ3n) is 3.52. The van der Waals surface area contributed by atoms with E-state index in [9.17, 15) is 0 Å². The Bertz CT molecular complexity index is 940. The van der Waals surface area contributed by atoms with E-state index in [1.165, 1.54) is 16.5 Å². The molecule has 1 aromatic carbocycles. The van der Waals surface area contributed by atoms with Gasteiger partial charge in [0.1, 0.15) is 0 Å². The number of carboxylic acid groups (broad SMARTS) is 1. The first-order valence-corrected chi connectivity index (χ1v) is 6.68. The van der Waals surface area contributed by atoms with Crippen LogP contribution in [0.2, 0.25) is 0 Å². The second-order valence-corrected chi connectivity index (χ2v) is 4.75. The van der Waals surface area contributed by atoms with E-state index in [0.29, 0.717) is 0 Å². The summed E-state index contributed by atoms with van der Waals surface area (Å²) >= 11 is 0. The number of para-hydroxylation sites is 1. The molecule has 0 radical (unpaired) electrons. The van der Waals surface area contributed by atoms with Crippen LogP contribution in [0.4, 0.5) is 0 Å². The van der Waals surface area contributed by atoms with Gasteiger partial charge in [0.25, 0.3) is 6.47 Å². The smallest absolute Gasteiger partial charge is 0.290 e. The SMILES string of the molecule is Cc1cccc2c(-c3cnc4cnccn34)c[nH]c12.O=CO. The van der Waals surface area contributed by atoms with Gasteiger partial charge in [0.05, 0.1) is 18.1 Å². The molecular weight excluding hydrogens is 280 g/mol. The number of carbonyl (C=O) groups is 1. The lowest BCUT2D eigenvalue weighted by Crippen LogP contribution is -1.87. The predicted octanol–water partition coefficient (Wildman–Crippen LogP) is 2.89. The van der Waals surface area contributed by atoms with Crippen molar-refractivity contribution in [3.05, 3.63) is 54.7 Å². The summed E-state index contributed by atoms with van der Waals surface area (Å²) in [5, 5.41) is 8.11. The topological polar surface area (TPSA) is 83.3 Å². The van der Waals surface area contributed by atoms with E-state index in [0.717, 1.165) is 16.9 Å². The molecule has 6 nitrogen and oxygen atoms in total. The third-order valence-corrected chi connectivity index (χ3v) is 3.52. The van der Waals surface area contributed by atoms with Gasteiger partial charge in [0.15, 0.2) is 5.65 Å². The van der Waals surface area contributed by atoms with Gasteiger partial charge < -0.3 is 10.1 Å². The molecule has 0 bridgehead atoms. The Hall–Kier alpha value is -3.15. The van der Waals surface area contributed by atoms with Crippen LogP contribution < -0.4 is 0 Å². The number of benzene rings is 1. The average Bonchev–Trinajstić information content (AvgIpc) is 3.12. The molecule has 22 heavy (non-hydrogen) atoms. The number of aromatic amines is 1. The zero-order valence-electron chi connectivity index (χ0n) is 11.9. The minimum Gasteiger partial charge on any atom is -0.483 e. The number of hydrogen-bond donors (Lipinski definition) is 2. The Morgan fingerprint density at radius 2 is 2.14 bits per heavy atom. The highest BCUT2D eigenvalue weighted by Gasteiger charge is 2.11. The highest BCUT2D eigenvalue weighted by atomic mass is 16.3. The van der Waals surface area contributed by atoms with Crippen LogP contribution in [0.15, 0.2) is 49.2 Å². The maximum atomic E-state index is 8.36. The maximum absolute atomic E-state index is 8.36. The summed E-state index contributed by atoms with van der Waals surface area (Å²) in [4.78, 5) is 20.2. The fourth-order valence-corrected chi connectivity index (χ4v) is 2.56. The zero-order valence-corrected chi connectivity index (χ0v) is 11.9. The predicted molar refractivity (Wildman–Crippen MR) is 83.7 cm³/mol. The van der Waals surface area contributed by atoms with Crippen LogP contribution in [0.3, 0.4) is 0 Å². The molecule has 110 valence electrons. The summed E-state index contributed by atoms with van der Waals surface area (Å²) in [7, 11) is 0. The normalized spacial score (nSPS) is 10.4. The van der Waals surface area contributed by atoms with Crippen LogP contribution in [-0.4, -0.2) is 30.9 Å². The number of fused-ring (bicyclic) bond motifs is 2. The molecule has 3 heterocycles. The second kappa shape index (κ2) is 5.69. The molecule has 0 atom stereocenters. The lowest BCUT2D eigenvalue weighted by atomic mass is 10.1. The Balaban J connectivity index is 0.000000446. The molecule has 0 saturated heterocycles. The van der Waals surface area contributed by atoms with Gasteiger partial charge in [0, 0.05) is 35.1 Å². The van der Waals surface area contributed by atoms with Crippen molar-refractivity contribution < 1.29 is 9.90 Å². The van der Waals surface area contributed by atoms with E-state index in [1.54, 1.807) is 12.4 Å². The van der Waals surface area contributed by atoms with E-state index in [4.69, 9.17) is 9.90 Å².